The van der Waals surface area contributed by atoms with Crippen LogP contribution in [0.5, 0.6) is 5.75 Å². The molecular formula is C27H32N2O8. The Balaban J connectivity index is 1.80. The number of fused-ring (bicyclic) bond motifs is 3. The summed E-state index contributed by atoms with van der Waals surface area (Å²) in [5.41, 5.74) is 3.53. The van der Waals surface area contributed by atoms with E-state index in [-0.39, 0.29) is 36.4 Å². The van der Waals surface area contributed by atoms with Crippen LogP contribution >= 0.6 is 0 Å². The third-order valence-electron chi connectivity index (χ3n) is 8.24. The Morgan fingerprint density at radius 3 is 2.41 bits per heavy atom. The molecule has 37 heavy (non-hydrogen) atoms. The van der Waals surface area contributed by atoms with Gasteiger partial charge in [-0.25, -0.2) is 0 Å². The van der Waals surface area contributed by atoms with E-state index in [2.05, 4.69) is 0 Å². The zero-order valence-corrected chi connectivity index (χ0v) is 21.2. The molecule has 0 heterocycles. The van der Waals surface area contributed by atoms with E-state index in [0.717, 1.165) is 12.8 Å². The summed E-state index contributed by atoms with van der Waals surface area (Å²) in [6, 6.07) is 1.75. The molecule has 0 aromatic heterocycles. The second-order valence-corrected chi connectivity index (χ2v) is 10.7. The van der Waals surface area contributed by atoms with Crippen LogP contribution < -0.4 is 5.73 Å². The number of phenols is 1. The normalized spacial score (nSPS) is 31.1. The number of aliphatic hydroxyl groups is 1. The van der Waals surface area contributed by atoms with Crippen molar-refractivity contribution in [3.8, 4) is 5.75 Å². The zero-order valence-electron chi connectivity index (χ0n) is 21.2. The van der Waals surface area contributed by atoms with Gasteiger partial charge < -0.3 is 15.9 Å². The quantitative estimate of drug-likeness (QED) is 0.431. The van der Waals surface area contributed by atoms with Gasteiger partial charge in [0, 0.05) is 18.8 Å². The SMILES string of the molecule is CCCCC(=O)Cc1ccc(O)c2c1C[C@@H]1C[C@@H]3[C@@H](N(C)C)C(=O)C(C(N)=O)C(=O)[C@]3(O)C(=O)C1C2=O. The molecule has 198 valence electrons. The first-order chi connectivity index (χ1) is 17.4. The van der Waals surface area contributed by atoms with Crippen molar-refractivity contribution >= 4 is 34.8 Å². The number of nitrogens with zero attached hydrogens (tertiary/aromatic N) is 1. The van der Waals surface area contributed by atoms with Gasteiger partial charge in [-0.15, -0.1) is 0 Å². The lowest BCUT2D eigenvalue weighted by Crippen LogP contribution is -2.74. The van der Waals surface area contributed by atoms with E-state index < -0.39 is 64.4 Å². The smallest absolute Gasteiger partial charge is 0.235 e. The fourth-order valence-corrected chi connectivity index (χ4v) is 6.51. The average Bonchev–Trinajstić information content (AvgIpc) is 2.81. The molecule has 2 fully saturated rings. The predicted molar refractivity (Wildman–Crippen MR) is 130 cm³/mol. The number of carbonyl (C=O) groups excluding carboxylic acids is 6. The maximum Gasteiger partial charge on any atom is 0.235 e. The highest BCUT2D eigenvalue weighted by atomic mass is 16.3. The van der Waals surface area contributed by atoms with Gasteiger partial charge in [0.05, 0.1) is 17.5 Å². The molecular weight excluding hydrogens is 480 g/mol. The number of hydrogen-bond acceptors (Lipinski definition) is 9. The van der Waals surface area contributed by atoms with E-state index in [9.17, 15) is 39.0 Å². The van der Waals surface area contributed by atoms with Crippen LogP contribution in [0.4, 0.5) is 0 Å². The molecule has 10 nitrogen and oxygen atoms in total. The number of carbonyl (C=O) groups is 6. The lowest BCUT2D eigenvalue weighted by atomic mass is 9.52. The number of amides is 1. The second-order valence-electron chi connectivity index (χ2n) is 10.7. The van der Waals surface area contributed by atoms with Crippen molar-refractivity contribution in [2.75, 3.05) is 14.1 Å². The van der Waals surface area contributed by atoms with Crippen molar-refractivity contribution in [2.45, 2.75) is 57.1 Å². The second kappa shape index (κ2) is 9.57. The highest BCUT2D eigenvalue weighted by Gasteiger charge is 2.69. The van der Waals surface area contributed by atoms with E-state index in [4.69, 9.17) is 5.73 Å². The van der Waals surface area contributed by atoms with Gasteiger partial charge >= 0.3 is 0 Å². The molecule has 1 amide bonds. The molecule has 3 aliphatic rings. The van der Waals surface area contributed by atoms with Gasteiger partial charge in [-0.3, -0.25) is 33.7 Å². The standard InChI is InChI=1S/C27H32N2O8/c1-4-5-6-14(30)9-12-7-8-17(31)19-15(12)10-13-11-16-21(29(2)3)23(33)20(26(28)36)25(35)27(16,37)24(34)18(13)22(19)32/h7-8,13,16,18,20-21,31,37H,4-6,9-11H2,1-3H3,(H2,28,36)/t13-,16-,18?,20?,21-,27-/m1/s1. The first-order valence-electron chi connectivity index (χ1n) is 12.6. The number of rotatable bonds is 7. The fraction of sp³-hybridized carbons (Fsp3) is 0.556. The van der Waals surface area contributed by atoms with Gasteiger partial charge in [0.1, 0.15) is 11.5 Å². The number of likely N-dealkylation sites (N-methyl/N-ethyl adjacent to an activating group) is 1. The van der Waals surface area contributed by atoms with Crippen LogP contribution in [0.15, 0.2) is 12.1 Å². The largest absolute Gasteiger partial charge is 0.507 e. The molecule has 0 saturated heterocycles. The summed E-state index contributed by atoms with van der Waals surface area (Å²) in [5.74, 6) is -10.8. The number of Topliss-reactive ketones (excluding diaryl/α,β-unsaturated/α-hetero) is 5. The molecule has 0 radical (unpaired) electrons. The van der Waals surface area contributed by atoms with E-state index >= 15 is 0 Å². The molecule has 0 aliphatic heterocycles. The van der Waals surface area contributed by atoms with Crippen molar-refractivity contribution in [3.05, 3.63) is 28.8 Å². The van der Waals surface area contributed by atoms with Crippen LogP contribution in [0, 0.1) is 23.7 Å². The average molecular weight is 513 g/mol. The van der Waals surface area contributed by atoms with E-state index in [0.29, 0.717) is 17.5 Å². The summed E-state index contributed by atoms with van der Waals surface area (Å²) < 4.78 is 0. The monoisotopic (exact) mass is 512 g/mol. The number of nitrogens with two attached hydrogens (primary N) is 1. The first kappa shape index (κ1) is 26.8. The zero-order chi connectivity index (χ0) is 27.4. The lowest BCUT2D eigenvalue weighted by molar-refractivity contribution is -0.181. The van der Waals surface area contributed by atoms with Crippen molar-refractivity contribution in [2.24, 2.45) is 29.4 Å². The number of primary amides is 1. The van der Waals surface area contributed by atoms with Gasteiger partial charge in [-0.1, -0.05) is 19.4 Å². The van der Waals surface area contributed by atoms with Crippen LogP contribution in [-0.4, -0.2) is 75.7 Å². The Hall–Kier alpha value is -3.24. The highest BCUT2D eigenvalue weighted by Crippen LogP contribution is 2.51. The summed E-state index contributed by atoms with van der Waals surface area (Å²) in [6.07, 6.45) is 2.17. The van der Waals surface area contributed by atoms with Crippen molar-refractivity contribution < 1.29 is 39.0 Å². The van der Waals surface area contributed by atoms with Gasteiger partial charge in [0.15, 0.2) is 34.7 Å². The molecule has 4 N–H and O–H groups in total. The summed E-state index contributed by atoms with van der Waals surface area (Å²) in [4.78, 5) is 79.8. The minimum absolute atomic E-state index is 0.00736. The van der Waals surface area contributed by atoms with Crippen molar-refractivity contribution in [3.63, 3.8) is 0 Å². The molecule has 4 rings (SSSR count). The maximum absolute atomic E-state index is 13.8. The third kappa shape index (κ3) is 4.02. The molecule has 2 unspecified atom stereocenters. The number of hydrogen-bond donors (Lipinski definition) is 3. The van der Waals surface area contributed by atoms with Gasteiger partial charge in [0.2, 0.25) is 5.91 Å². The minimum Gasteiger partial charge on any atom is -0.507 e. The first-order valence-corrected chi connectivity index (χ1v) is 12.6. The Bertz CT molecular complexity index is 1220. The number of benzene rings is 1. The third-order valence-corrected chi connectivity index (χ3v) is 8.24. The van der Waals surface area contributed by atoms with E-state index in [1.54, 1.807) is 6.07 Å². The molecule has 0 bridgehead atoms. The highest BCUT2D eigenvalue weighted by molar-refractivity contribution is 6.32. The summed E-state index contributed by atoms with van der Waals surface area (Å²) in [7, 11) is 3.07. The van der Waals surface area contributed by atoms with Crippen LogP contribution in [0.3, 0.4) is 0 Å². The summed E-state index contributed by atoms with van der Waals surface area (Å²) >= 11 is 0. The molecule has 0 spiro atoms. The molecule has 10 heteroatoms. The van der Waals surface area contributed by atoms with Gasteiger partial charge in [0.25, 0.3) is 0 Å². The van der Waals surface area contributed by atoms with E-state index in [1.807, 2.05) is 6.92 Å². The number of phenolic OH excluding ortho intramolecular Hbond substituents is 1. The number of aromatic hydroxyl groups is 1. The summed E-state index contributed by atoms with van der Waals surface area (Å²) in [5, 5.41) is 22.1. The van der Waals surface area contributed by atoms with E-state index in [1.165, 1.54) is 25.1 Å². The molecule has 2 saturated carbocycles. The molecule has 1 aromatic rings. The van der Waals surface area contributed by atoms with Crippen LogP contribution in [0.25, 0.3) is 0 Å². The molecule has 6 atom stereocenters. The van der Waals surface area contributed by atoms with Crippen LogP contribution in [0.2, 0.25) is 0 Å². The van der Waals surface area contributed by atoms with Gasteiger partial charge in [-0.05, 0) is 56.5 Å². The fourth-order valence-electron chi connectivity index (χ4n) is 6.51. The van der Waals surface area contributed by atoms with Gasteiger partial charge in [-0.2, -0.15) is 0 Å². The lowest BCUT2D eigenvalue weighted by Gasteiger charge is -2.52. The van der Waals surface area contributed by atoms with Crippen LogP contribution in [-0.2, 0) is 36.8 Å². The maximum atomic E-state index is 13.8. The van der Waals surface area contributed by atoms with Crippen molar-refractivity contribution in [1.29, 1.82) is 0 Å². The Morgan fingerprint density at radius 2 is 1.81 bits per heavy atom. The number of ketones is 5. The van der Waals surface area contributed by atoms with Crippen molar-refractivity contribution in [1.82, 2.24) is 4.90 Å². The van der Waals surface area contributed by atoms with Crippen LogP contribution in [0.1, 0.15) is 54.1 Å². The number of unbranched alkanes of at least 4 members (excludes halogenated alkanes) is 1. The Labute approximate surface area is 214 Å². The Kier molecular flexibility index (Phi) is 6.94. The molecule has 1 aromatic carbocycles. The summed E-state index contributed by atoms with van der Waals surface area (Å²) in [6.45, 7) is 1.98. The minimum atomic E-state index is -2.75. The molecule has 3 aliphatic carbocycles. The topological polar surface area (TPSA) is 172 Å². The predicted octanol–water partition coefficient (Wildman–Crippen LogP) is 0.169. The Morgan fingerprint density at radius 1 is 1.14 bits per heavy atom.